The fourth-order valence-electron chi connectivity index (χ4n) is 4.07. The third-order valence-corrected chi connectivity index (χ3v) is 7.39. The zero-order valence-electron chi connectivity index (χ0n) is 14.1. The first-order chi connectivity index (χ1) is 12.7. The van der Waals surface area contributed by atoms with Crippen LogP contribution in [0.3, 0.4) is 0 Å². The highest BCUT2D eigenvalue weighted by Gasteiger charge is 2.48. The van der Waals surface area contributed by atoms with Gasteiger partial charge in [0.2, 0.25) is 5.91 Å². The summed E-state index contributed by atoms with van der Waals surface area (Å²) in [5, 5.41) is 4.22. The van der Waals surface area contributed by atoms with Gasteiger partial charge >= 0.3 is 0 Å². The molecule has 1 aliphatic carbocycles. The summed E-state index contributed by atoms with van der Waals surface area (Å²) in [5.41, 5.74) is 2.36. The number of nitrogens with zero attached hydrogens (tertiary/aromatic N) is 1. The third kappa shape index (κ3) is 2.70. The van der Waals surface area contributed by atoms with E-state index in [9.17, 15) is 9.18 Å². The van der Waals surface area contributed by atoms with Gasteiger partial charge in [0.25, 0.3) is 0 Å². The van der Waals surface area contributed by atoms with Crippen molar-refractivity contribution in [3.05, 3.63) is 79.9 Å². The van der Waals surface area contributed by atoms with Crippen molar-refractivity contribution in [2.45, 2.75) is 24.8 Å². The first-order valence-electron chi connectivity index (χ1n) is 8.88. The Morgan fingerprint density at radius 3 is 2.69 bits per heavy atom. The number of hydrogen-bond donors (Lipinski definition) is 0. The minimum atomic E-state index is -0.226. The van der Waals surface area contributed by atoms with Crippen molar-refractivity contribution in [3.63, 3.8) is 0 Å². The van der Waals surface area contributed by atoms with Gasteiger partial charge in [-0.15, -0.1) is 22.7 Å². The number of carbonyl (C=O) groups is 1. The van der Waals surface area contributed by atoms with Gasteiger partial charge in [-0.2, -0.15) is 0 Å². The van der Waals surface area contributed by atoms with E-state index < -0.39 is 0 Å². The Hall–Kier alpha value is -1.98. The van der Waals surface area contributed by atoms with Crippen molar-refractivity contribution >= 4 is 28.6 Å². The minimum Gasteiger partial charge on any atom is -0.330 e. The standard InChI is InChI=1S/C21H18FNOS2/c22-14-5-3-13(4-6-14)16-12-17(16)21(24)23-9-7-18-15(8-11-26-18)20(23)19-2-1-10-25-19/h1-6,8,10-11,16-17,20H,7,9,12H2. The normalized spacial score (nSPS) is 24.3. The molecule has 0 N–H and O–H groups in total. The van der Waals surface area contributed by atoms with Crippen LogP contribution in [0.1, 0.15) is 39.3 Å². The molecule has 3 unspecified atom stereocenters. The number of halogens is 1. The SMILES string of the molecule is O=C(C1CC1c1ccc(F)cc1)N1CCc2sccc2C1c1cccs1. The van der Waals surface area contributed by atoms with Crippen LogP contribution in [0.25, 0.3) is 0 Å². The van der Waals surface area contributed by atoms with Crippen LogP contribution in [-0.4, -0.2) is 17.4 Å². The monoisotopic (exact) mass is 383 g/mol. The first kappa shape index (κ1) is 16.2. The Morgan fingerprint density at radius 2 is 1.92 bits per heavy atom. The lowest BCUT2D eigenvalue weighted by atomic mass is 9.97. The summed E-state index contributed by atoms with van der Waals surface area (Å²) in [6.07, 6.45) is 1.81. The number of fused-ring (bicyclic) bond motifs is 1. The van der Waals surface area contributed by atoms with Gasteiger partial charge in [0.1, 0.15) is 5.82 Å². The summed E-state index contributed by atoms with van der Waals surface area (Å²) in [6.45, 7) is 0.779. The average Bonchev–Trinajstić information content (AvgIpc) is 3.06. The topological polar surface area (TPSA) is 20.3 Å². The van der Waals surface area contributed by atoms with Crippen molar-refractivity contribution in [2.75, 3.05) is 6.54 Å². The van der Waals surface area contributed by atoms with Crippen LogP contribution in [0.15, 0.2) is 53.2 Å². The molecule has 1 saturated carbocycles. The Balaban J connectivity index is 1.42. The Morgan fingerprint density at radius 1 is 1.08 bits per heavy atom. The van der Waals surface area contributed by atoms with E-state index in [4.69, 9.17) is 0 Å². The lowest BCUT2D eigenvalue weighted by Gasteiger charge is -2.35. The van der Waals surface area contributed by atoms with Crippen LogP contribution in [0.4, 0.5) is 4.39 Å². The molecule has 5 heteroatoms. The smallest absolute Gasteiger partial charge is 0.227 e. The molecule has 1 aliphatic heterocycles. The van der Waals surface area contributed by atoms with Crippen molar-refractivity contribution in [1.29, 1.82) is 0 Å². The maximum atomic E-state index is 13.3. The van der Waals surface area contributed by atoms with E-state index in [1.165, 1.54) is 27.5 Å². The van der Waals surface area contributed by atoms with Gasteiger partial charge in [0.15, 0.2) is 0 Å². The summed E-state index contributed by atoms with van der Waals surface area (Å²) >= 11 is 3.51. The number of hydrogen-bond acceptors (Lipinski definition) is 3. The van der Waals surface area contributed by atoms with E-state index in [0.717, 1.165) is 24.9 Å². The fourth-order valence-corrected chi connectivity index (χ4v) is 5.83. The molecule has 3 atom stereocenters. The maximum absolute atomic E-state index is 13.3. The zero-order valence-corrected chi connectivity index (χ0v) is 15.7. The molecular formula is C21H18FNOS2. The van der Waals surface area contributed by atoms with Gasteiger partial charge in [0, 0.05) is 22.2 Å². The van der Waals surface area contributed by atoms with E-state index in [-0.39, 0.29) is 29.6 Å². The molecule has 0 spiro atoms. The summed E-state index contributed by atoms with van der Waals surface area (Å²) in [6, 6.07) is 13.0. The lowest BCUT2D eigenvalue weighted by molar-refractivity contribution is -0.134. The van der Waals surface area contributed by atoms with Crippen LogP contribution in [-0.2, 0) is 11.2 Å². The molecule has 0 radical (unpaired) electrons. The Kier molecular flexibility index (Phi) is 3.94. The average molecular weight is 384 g/mol. The molecule has 3 aromatic rings. The molecule has 0 saturated heterocycles. The molecule has 0 bridgehead atoms. The quantitative estimate of drug-likeness (QED) is 0.607. The summed E-state index contributed by atoms with van der Waals surface area (Å²) in [7, 11) is 0. The molecular weight excluding hydrogens is 365 g/mol. The molecule has 3 heterocycles. The Labute approximate surface area is 159 Å². The van der Waals surface area contributed by atoms with Crippen LogP contribution >= 0.6 is 22.7 Å². The molecule has 1 aromatic carbocycles. The molecule has 2 aromatic heterocycles. The molecule has 5 rings (SSSR count). The van der Waals surface area contributed by atoms with Crippen LogP contribution in [0, 0.1) is 11.7 Å². The molecule has 26 heavy (non-hydrogen) atoms. The number of rotatable bonds is 3. The highest BCUT2D eigenvalue weighted by atomic mass is 32.1. The number of thiophene rings is 2. The van der Waals surface area contributed by atoms with E-state index in [0.29, 0.717) is 0 Å². The molecule has 132 valence electrons. The van der Waals surface area contributed by atoms with Crippen molar-refractivity contribution in [1.82, 2.24) is 4.90 Å². The summed E-state index contributed by atoms with van der Waals surface area (Å²) in [4.78, 5) is 18.0. The van der Waals surface area contributed by atoms with Gasteiger partial charge in [-0.3, -0.25) is 4.79 Å². The Bertz CT molecular complexity index is 931. The first-order valence-corrected chi connectivity index (χ1v) is 10.6. The molecule has 1 fully saturated rings. The molecule has 1 amide bonds. The van der Waals surface area contributed by atoms with E-state index in [1.54, 1.807) is 22.7 Å². The second kappa shape index (κ2) is 6.32. The number of carbonyl (C=O) groups excluding carboxylic acids is 1. The van der Waals surface area contributed by atoms with Gasteiger partial charge < -0.3 is 4.90 Å². The van der Waals surface area contributed by atoms with E-state index in [2.05, 4.69) is 33.9 Å². The van der Waals surface area contributed by atoms with Gasteiger partial charge in [-0.25, -0.2) is 4.39 Å². The maximum Gasteiger partial charge on any atom is 0.227 e. The van der Waals surface area contributed by atoms with E-state index in [1.807, 2.05) is 12.1 Å². The minimum absolute atomic E-state index is 0.0307. The van der Waals surface area contributed by atoms with Crippen LogP contribution in [0.5, 0.6) is 0 Å². The van der Waals surface area contributed by atoms with Gasteiger partial charge in [-0.05, 0) is 64.9 Å². The molecule has 2 aliphatic rings. The lowest BCUT2D eigenvalue weighted by Crippen LogP contribution is -2.40. The second-order valence-electron chi connectivity index (χ2n) is 7.00. The third-order valence-electron chi connectivity index (χ3n) is 5.47. The van der Waals surface area contributed by atoms with Gasteiger partial charge in [-0.1, -0.05) is 18.2 Å². The van der Waals surface area contributed by atoms with Crippen molar-refractivity contribution in [3.8, 4) is 0 Å². The largest absolute Gasteiger partial charge is 0.330 e. The van der Waals surface area contributed by atoms with E-state index >= 15 is 0 Å². The van der Waals surface area contributed by atoms with Crippen molar-refractivity contribution < 1.29 is 9.18 Å². The fraction of sp³-hybridized carbons (Fsp3) is 0.286. The van der Waals surface area contributed by atoms with Crippen LogP contribution < -0.4 is 0 Å². The number of benzene rings is 1. The van der Waals surface area contributed by atoms with Gasteiger partial charge in [0.05, 0.1) is 6.04 Å². The predicted molar refractivity (Wildman–Crippen MR) is 103 cm³/mol. The summed E-state index contributed by atoms with van der Waals surface area (Å²) < 4.78 is 13.2. The van der Waals surface area contributed by atoms with Crippen LogP contribution in [0.2, 0.25) is 0 Å². The molecule has 2 nitrogen and oxygen atoms in total. The highest BCUT2D eigenvalue weighted by molar-refractivity contribution is 7.10. The van der Waals surface area contributed by atoms with Crippen molar-refractivity contribution in [2.24, 2.45) is 5.92 Å². The zero-order chi connectivity index (χ0) is 17.7. The highest BCUT2D eigenvalue weighted by Crippen LogP contribution is 2.50. The predicted octanol–water partition coefficient (Wildman–Crippen LogP) is 5.23. The second-order valence-corrected chi connectivity index (χ2v) is 8.98. The number of amides is 1. The summed E-state index contributed by atoms with van der Waals surface area (Å²) in [5.74, 6) is 0.282.